The number of hydrogen-bond donors (Lipinski definition) is 1. The molecule has 0 radical (unpaired) electrons. The highest BCUT2D eigenvalue weighted by atomic mass is 16.1. The maximum absolute atomic E-state index is 11.6. The maximum atomic E-state index is 11.6. The summed E-state index contributed by atoms with van der Waals surface area (Å²) in [6, 6.07) is 6.77. The summed E-state index contributed by atoms with van der Waals surface area (Å²) in [5.74, 6) is -0.104. The highest BCUT2D eigenvalue weighted by molar-refractivity contribution is 5.92. The first-order valence-corrected chi connectivity index (χ1v) is 7.72. The van der Waals surface area contributed by atoms with Crippen molar-refractivity contribution in [3.63, 3.8) is 0 Å². The monoisotopic (exact) mass is 298 g/mol. The summed E-state index contributed by atoms with van der Waals surface area (Å²) in [6.45, 7) is 18.9. The first kappa shape index (κ1) is 16.3. The van der Waals surface area contributed by atoms with Gasteiger partial charge in [-0.3, -0.25) is 4.79 Å². The third-order valence-corrected chi connectivity index (χ3v) is 4.36. The van der Waals surface area contributed by atoms with E-state index in [1.54, 1.807) is 6.92 Å². The Morgan fingerprint density at radius 2 is 2.00 bits per heavy atom. The van der Waals surface area contributed by atoms with Crippen LogP contribution in [-0.4, -0.2) is 11.9 Å². The third-order valence-electron chi connectivity index (χ3n) is 4.36. The number of rotatable bonds is 4. The predicted octanol–water partition coefficient (Wildman–Crippen LogP) is 3.90. The molecule has 0 aliphatic carbocycles. The summed E-state index contributed by atoms with van der Waals surface area (Å²) in [5, 5.41) is 2.89. The maximum Gasteiger partial charge on any atom is 0.246 e. The Balaban J connectivity index is 2.32. The summed E-state index contributed by atoms with van der Waals surface area (Å²) in [5.41, 5.74) is 5.16. The summed E-state index contributed by atoms with van der Waals surface area (Å²) >= 11 is 0. The first-order valence-electron chi connectivity index (χ1n) is 7.72. The van der Waals surface area contributed by atoms with Crippen LogP contribution in [0.1, 0.15) is 45.7 Å². The Kier molecular flexibility index (Phi) is 4.19. The van der Waals surface area contributed by atoms with Crippen LogP contribution in [0.5, 0.6) is 0 Å². The lowest BCUT2D eigenvalue weighted by atomic mass is 9.84. The van der Waals surface area contributed by atoms with E-state index < -0.39 is 0 Å². The van der Waals surface area contributed by atoms with Gasteiger partial charge < -0.3 is 10.2 Å². The van der Waals surface area contributed by atoms with E-state index in [-0.39, 0.29) is 11.3 Å². The molecular weight excluding hydrogens is 272 g/mol. The molecule has 0 fully saturated rings. The molecule has 1 aliphatic rings. The highest BCUT2D eigenvalue weighted by Gasteiger charge is 2.39. The molecule has 0 saturated carbocycles. The SMILES string of the molecule is C=C(C)C(=O)NCc1ccc2c(c1)C(C)(C)C(=C)N2C(C)C. The Morgan fingerprint density at radius 1 is 1.36 bits per heavy atom. The van der Waals surface area contributed by atoms with Crippen molar-refractivity contribution < 1.29 is 4.79 Å². The molecule has 0 aromatic heterocycles. The van der Waals surface area contributed by atoms with Crippen LogP contribution < -0.4 is 10.2 Å². The van der Waals surface area contributed by atoms with Crippen LogP contribution in [-0.2, 0) is 16.8 Å². The second-order valence-electron chi connectivity index (χ2n) is 6.85. The minimum absolute atomic E-state index is 0.0893. The van der Waals surface area contributed by atoms with Crippen LogP contribution in [0.25, 0.3) is 0 Å². The molecule has 0 bridgehead atoms. The van der Waals surface area contributed by atoms with Gasteiger partial charge >= 0.3 is 0 Å². The Hall–Kier alpha value is -2.03. The second kappa shape index (κ2) is 5.64. The van der Waals surface area contributed by atoms with Gasteiger partial charge in [-0.2, -0.15) is 0 Å². The number of hydrogen-bond acceptors (Lipinski definition) is 2. The summed E-state index contributed by atoms with van der Waals surface area (Å²) in [4.78, 5) is 13.9. The molecule has 1 aromatic rings. The van der Waals surface area contributed by atoms with Crippen molar-refractivity contribution in [3.8, 4) is 0 Å². The minimum atomic E-state index is -0.104. The largest absolute Gasteiger partial charge is 0.348 e. The zero-order chi connectivity index (χ0) is 16.7. The first-order chi connectivity index (χ1) is 10.2. The number of nitrogens with one attached hydrogen (secondary N) is 1. The van der Waals surface area contributed by atoms with Crippen LogP contribution in [0.15, 0.2) is 42.6 Å². The molecule has 118 valence electrons. The van der Waals surface area contributed by atoms with Gasteiger partial charge in [0.2, 0.25) is 5.91 Å². The molecule has 0 saturated heterocycles. The lowest BCUT2D eigenvalue weighted by molar-refractivity contribution is -0.117. The van der Waals surface area contributed by atoms with Gasteiger partial charge in [-0.05, 0) is 38.0 Å². The molecule has 22 heavy (non-hydrogen) atoms. The number of carbonyl (C=O) groups excluding carboxylic acids is 1. The lowest BCUT2D eigenvalue weighted by Gasteiger charge is -2.29. The van der Waals surface area contributed by atoms with Crippen molar-refractivity contribution in [2.24, 2.45) is 0 Å². The predicted molar refractivity (Wildman–Crippen MR) is 92.9 cm³/mol. The van der Waals surface area contributed by atoms with Crippen molar-refractivity contribution in [1.82, 2.24) is 5.32 Å². The van der Waals surface area contributed by atoms with Gasteiger partial charge in [0.25, 0.3) is 0 Å². The van der Waals surface area contributed by atoms with Gasteiger partial charge in [-0.15, -0.1) is 0 Å². The van der Waals surface area contributed by atoms with Crippen LogP contribution in [0.2, 0.25) is 0 Å². The van der Waals surface area contributed by atoms with Crippen LogP contribution in [0.4, 0.5) is 5.69 Å². The molecule has 3 heteroatoms. The molecule has 0 unspecified atom stereocenters. The number of fused-ring (bicyclic) bond motifs is 1. The molecule has 1 N–H and O–H groups in total. The van der Waals surface area contributed by atoms with Crippen molar-refractivity contribution >= 4 is 11.6 Å². The molecule has 0 spiro atoms. The molecule has 1 heterocycles. The van der Waals surface area contributed by atoms with E-state index in [0.717, 1.165) is 11.3 Å². The normalized spacial score (nSPS) is 15.9. The molecular formula is C19H26N2O. The van der Waals surface area contributed by atoms with Gasteiger partial charge in [0.05, 0.1) is 0 Å². The van der Waals surface area contributed by atoms with Gasteiger partial charge in [0, 0.05) is 35.0 Å². The van der Waals surface area contributed by atoms with Crippen molar-refractivity contribution in [3.05, 3.63) is 53.8 Å². The third kappa shape index (κ3) is 2.68. The number of amides is 1. The molecule has 0 atom stereocenters. The van der Waals surface area contributed by atoms with Crippen molar-refractivity contribution in [2.75, 3.05) is 4.90 Å². The Morgan fingerprint density at radius 3 is 2.55 bits per heavy atom. The lowest BCUT2D eigenvalue weighted by Crippen LogP contribution is -2.30. The molecule has 2 rings (SSSR count). The van der Waals surface area contributed by atoms with Crippen LogP contribution >= 0.6 is 0 Å². The van der Waals surface area contributed by atoms with Gasteiger partial charge in [-0.25, -0.2) is 0 Å². The van der Waals surface area contributed by atoms with Gasteiger partial charge in [0.15, 0.2) is 0 Å². The summed E-state index contributed by atoms with van der Waals surface area (Å²) in [7, 11) is 0. The Labute approximate surface area is 133 Å². The van der Waals surface area contributed by atoms with Crippen LogP contribution in [0.3, 0.4) is 0 Å². The zero-order valence-electron chi connectivity index (χ0n) is 14.3. The average molecular weight is 298 g/mol. The van der Waals surface area contributed by atoms with E-state index >= 15 is 0 Å². The van der Waals surface area contributed by atoms with E-state index in [9.17, 15) is 4.79 Å². The fourth-order valence-corrected chi connectivity index (χ4v) is 2.93. The molecule has 1 aromatic carbocycles. The topological polar surface area (TPSA) is 32.3 Å². The second-order valence-corrected chi connectivity index (χ2v) is 6.85. The minimum Gasteiger partial charge on any atom is -0.348 e. The number of nitrogens with zero attached hydrogens (tertiary/aromatic N) is 1. The quantitative estimate of drug-likeness (QED) is 0.855. The van der Waals surface area contributed by atoms with E-state index in [0.29, 0.717) is 18.2 Å². The summed E-state index contributed by atoms with van der Waals surface area (Å²) in [6.07, 6.45) is 0. The van der Waals surface area contributed by atoms with Gasteiger partial charge in [-0.1, -0.05) is 39.1 Å². The zero-order valence-corrected chi connectivity index (χ0v) is 14.3. The van der Waals surface area contributed by atoms with Crippen molar-refractivity contribution in [2.45, 2.75) is 52.6 Å². The summed E-state index contributed by atoms with van der Waals surface area (Å²) < 4.78 is 0. The number of anilines is 1. The standard InChI is InChI=1S/C19H26N2O/c1-12(2)18(22)20-11-15-8-9-17-16(10-15)19(6,7)14(5)21(17)13(3)4/h8-10,13H,1,5,11H2,2-4,6-7H3,(H,20,22). The van der Waals surface area contributed by atoms with E-state index in [4.69, 9.17) is 0 Å². The number of carbonyl (C=O) groups is 1. The highest BCUT2D eigenvalue weighted by Crippen LogP contribution is 2.48. The van der Waals surface area contributed by atoms with Crippen LogP contribution in [0, 0.1) is 0 Å². The fourth-order valence-electron chi connectivity index (χ4n) is 2.93. The average Bonchev–Trinajstić information content (AvgIpc) is 2.64. The van der Waals surface area contributed by atoms with E-state index in [2.05, 4.69) is 69.3 Å². The Bertz CT molecular complexity index is 641. The smallest absolute Gasteiger partial charge is 0.246 e. The van der Waals surface area contributed by atoms with E-state index in [1.807, 2.05) is 0 Å². The molecule has 1 aliphatic heterocycles. The van der Waals surface area contributed by atoms with E-state index in [1.165, 1.54) is 11.3 Å². The number of benzene rings is 1. The van der Waals surface area contributed by atoms with Gasteiger partial charge in [0.1, 0.15) is 0 Å². The number of allylic oxidation sites excluding steroid dienone is 1. The molecule has 1 amide bonds. The fraction of sp³-hybridized carbons (Fsp3) is 0.421. The molecule has 3 nitrogen and oxygen atoms in total. The van der Waals surface area contributed by atoms with Crippen molar-refractivity contribution in [1.29, 1.82) is 0 Å².